The fourth-order valence-corrected chi connectivity index (χ4v) is 3.58. The lowest BCUT2D eigenvalue weighted by Gasteiger charge is -2.44. The van der Waals surface area contributed by atoms with Gasteiger partial charge in [-0.15, -0.1) is 0 Å². The van der Waals surface area contributed by atoms with Gasteiger partial charge in [-0.05, 0) is 12.8 Å². The van der Waals surface area contributed by atoms with E-state index in [9.17, 15) is 23.7 Å². The zero-order valence-corrected chi connectivity index (χ0v) is 19.1. The maximum Gasteiger partial charge on any atom is 0.325 e. The van der Waals surface area contributed by atoms with Gasteiger partial charge in [-0.2, -0.15) is 0 Å². The van der Waals surface area contributed by atoms with Gasteiger partial charge in [0.05, 0.1) is 0 Å². The zero-order chi connectivity index (χ0) is 24.5. The van der Waals surface area contributed by atoms with Gasteiger partial charge in [-0.1, -0.05) is 0 Å². The van der Waals surface area contributed by atoms with Gasteiger partial charge in [-0.3, -0.25) is 23.7 Å². The molecule has 1 heterocycles. The van der Waals surface area contributed by atoms with Crippen molar-refractivity contribution in [1.82, 2.24) is 0 Å². The summed E-state index contributed by atoms with van der Waals surface area (Å²) in [5.74, 6) is -2.91. The largest absolute Gasteiger partial charge is 0.463 e. The number of hydrogen-bond acceptors (Lipinski definition) is 11. The first-order valence-corrected chi connectivity index (χ1v) is 11.6. The molecule has 1 saturated heterocycles. The Balaban J connectivity index is 3.10. The van der Waals surface area contributed by atoms with Crippen LogP contribution in [0, 0.1) is 0 Å². The number of esters is 4. The Bertz CT molecular complexity index is 718. The Hall–Kier alpha value is -2.05. The van der Waals surface area contributed by atoms with Crippen LogP contribution in [0.5, 0.6) is 0 Å². The van der Waals surface area contributed by atoms with Crippen LogP contribution in [0.25, 0.3) is 0 Å². The van der Waals surface area contributed by atoms with E-state index in [0.29, 0.717) is 0 Å². The summed E-state index contributed by atoms with van der Waals surface area (Å²) in [4.78, 5) is 64.1. The van der Waals surface area contributed by atoms with Crippen LogP contribution in [0.3, 0.4) is 0 Å². The van der Waals surface area contributed by atoms with Crippen molar-refractivity contribution < 1.29 is 62.0 Å². The third-order valence-electron chi connectivity index (χ3n) is 4.07. The SMILES string of the molecule is CC(=O)OCC1O[C@@H](OCCCCP(=O)(O)O)C(OC(C)=O)C(OC(C)=O)[C@@H]1OC(C)=O. The smallest absolute Gasteiger partial charge is 0.325 e. The van der Waals surface area contributed by atoms with Gasteiger partial charge < -0.3 is 38.2 Å². The van der Waals surface area contributed by atoms with Crippen LogP contribution in [-0.2, 0) is 52.2 Å². The molecule has 0 spiro atoms. The third-order valence-corrected chi connectivity index (χ3v) is 4.97. The van der Waals surface area contributed by atoms with Gasteiger partial charge in [0.25, 0.3) is 0 Å². The van der Waals surface area contributed by atoms with Gasteiger partial charge in [-0.25, -0.2) is 0 Å². The molecule has 13 nitrogen and oxygen atoms in total. The molecule has 1 rings (SSSR count). The monoisotopic (exact) mass is 484 g/mol. The third kappa shape index (κ3) is 10.5. The summed E-state index contributed by atoms with van der Waals surface area (Å²) in [7, 11) is -4.16. The van der Waals surface area contributed by atoms with Gasteiger partial charge in [0, 0.05) is 40.5 Å². The van der Waals surface area contributed by atoms with E-state index in [1.54, 1.807) is 0 Å². The molecule has 14 heteroatoms. The van der Waals surface area contributed by atoms with Crippen molar-refractivity contribution in [3.63, 3.8) is 0 Å². The van der Waals surface area contributed by atoms with Crippen LogP contribution in [-0.4, -0.2) is 83.7 Å². The molecular weight excluding hydrogens is 455 g/mol. The molecule has 1 fully saturated rings. The molecule has 0 aliphatic carbocycles. The van der Waals surface area contributed by atoms with Crippen molar-refractivity contribution in [2.24, 2.45) is 0 Å². The van der Waals surface area contributed by atoms with E-state index in [1.807, 2.05) is 0 Å². The molecule has 0 aromatic heterocycles. The lowest BCUT2D eigenvalue weighted by Crippen LogP contribution is -2.63. The van der Waals surface area contributed by atoms with Gasteiger partial charge in [0.15, 0.2) is 24.6 Å². The van der Waals surface area contributed by atoms with Crippen LogP contribution in [0.4, 0.5) is 0 Å². The molecule has 0 amide bonds. The normalized spacial score (nSPS) is 25.5. The van der Waals surface area contributed by atoms with E-state index in [0.717, 1.165) is 27.7 Å². The molecule has 5 atom stereocenters. The van der Waals surface area contributed by atoms with Crippen molar-refractivity contribution in [1.29, 1.82) is 0 Å². The van der Waals surface area contributed by atoms with Crippen LogP contribution in [0.2, 0.25) is 0 Å². The second-order valence-electron chi connectivity index (χ2n) is 7.03. The minimum atomic E-state index is -4.16. The first-order chi connectivity index (χ1) is 14.8. The Morgan fingerprint density at radius 3 is 1.84 bits per heavy atom. The lowest BCUT2D eigenvalue weighted by molar-refractivity contribution is -0.308. The van der Waals surface area contributed by atoms with Crippen LogP contribution >= 0.6 is 7.60 Å². The number of carbonyl (C=O) groups is 4. The average Bonchev–Trinajstić information content (AvgIpc) is 2.62. The number of carbonyl (C=O) groups excluding carboxylic acids is 4. The molecule has 1 aliphatic rings. The molecule has 2 N–H and O–H groups in total. The fraction of sp³-hybridized carbons (Fsp3) is 0.778. The summed E-state index contributed by atoms with van der Waals surface area (Å²) < 4.78 is 42.9. The van der Waals surface area contributed by atoms with Crippen molar-refractivity contribution >= 4 is 31.5 Å². The summed E-state index contributed by atoms with van der Waals surface area (Å²) in [6, 6.07) is 0. The van der Waals surface area contributed by atoms with E-state index in [4.69, 9.17) is 38.2 Å². The number of hydrogen-bond donors (Lipinski definition) is 2. The summed E-state index contributed by atoms with van der Waals surface area (Å²) in [5.41, 5.74) is 0. The van der Waals surface area contributed by atoms with Gasteiger partial charge >= 0.3 is 31.5 Å². The maximum absolute atomic E-state index is 11.7. The van der Waals surface area contributed by atoms with Gasteiger partial charge in [0.1, 0.15) is 12.7 Å². The lowest BCUT2D eigenvalue weighted by atomic mass is 9.98. The fourth-order valence-electron chi connectivity index (χ4n) is 2.94. The van der Waals surface area contributed by atoms with E-state index in [-0.39, 0.29) is 32.2 Å². The number of ether oxygens (including phenoxy) is 6. The topological polar surface area (TPSA) is 181 Å². The number of unbranched alkanes of at least 4 members (excludes halogenated alkanes) is 1. The quantitative estimate of drug-likeness (QED) is 0.174. The predicted molar refractivity (Wildman–Crippen MR) is 104 cm³/mol. The molecule has 0 bridgehead atoms. The molecule has 0 saturated carbocycles. The number of rotatable bonds is 11. The van der Waals surface area contributed by atoms with E-state index < -0.39 is 62.2 Å². The molecule has 3 unspecified atom stereocenters. The second-order valence-corrected chi connectivity index (χ2v) is 8.81. The second kappa shape index (κ2) is 12.9. The van der Waals surface area contributed by atoms with E-state index in [1.165, 1.54) is 0 Å². The summed E-state index contributed by atoms with van der Waals surface area (Å²) in [6.07, 6.45) is -6.35. The molecule has 0 radical (unpaired) electrons. The highest BCUT2D eigenvalue weighted by Crippen LogP contribution is 2.35. The zero-order valence-electron chi connectivity index (χ0n) is 18.3. The van der Waals surface area contributed by atoms with Crippen LogP contribution < -0.4 is 0 Å². The van der Waals surface area contributed by atoms with Crippen molar-refractivity contribution in [3.8, 4) is 0 Å². The molecular formula is C18H29O13P. The van der Waals surface area contributed by atoms with E-state index >= 15 is 0 Å². The highest BCUT2D eigenvalue weighted by Gasteiger charge is 2.52. The standard InChI is InChI=1S/C18H29O13P/c1-10(19)27-9-14-15(28-11(2)20)16(29-12(3)21)17(30-13(4)22)18(31-14)26-7-5-6-8-32(23,24)25/h14-18H,5-9H2,1-4H3,(H2,23,24,25)/t14?,15-,16?,17?,18-/m1/s1. The Kier molecular flexibility index (Phi) is 11.2. The van der Waals surface area contributed by atoms with Crippen molar-refractivity contribution in [2.45, 2.75) is 71.2 Å². The summed E-state index contributed by atoms with van der Waals surface area (Å²) in [5, 5.41) is 0. The molecule has 0 aromatic rings. The highest BCUT2D eigenvalue weighted by atomic mass is 31.2. The molecule has 1 aliphatic heterocycles. The summed E-state index contributed by atoms with van der Waals surface area (Å²) >= 11 is 0. The minimum Gasteiger partial charge on any atom is -0.463 e. The van der Waals surface area contributed by atoms with Crippen molar-refractivity contribution in [2.75, 3.05) is 19.4 Å². The van der Waals surface area contributed by atoms with E-state index in [2.05, 4.69) is 0 Å². The Labute approximate surface area is 184 Å². The minimum absolute atomic E-state index is 0.0479. The maximum atomic E-state index is 11.7. The predicted octanol–water partition coefficient (Wildman–Crippen LogP) is 0.0440. The summed E-state index contributed by atoms with van der Waals surface area (Å²) in [6.45, 7) is 4.05. The molecule has 184 valence electrons. The Morgan fingerprint density at radius 1 is 0.812 bits per heavy atom. The van der Waals surface area contributed by atoms with Crippen molar-refractivity contribution in [3.05, 3.63) is 0 Å². The highest BCUT2D eigenvalue weighted by molar-refractivity contribution is 7.51. The average molecular weight is 484 g/mol. The Morgan fingerprint density at radius 2 is 1.34 bits per heavy atom. The van der Waals surface area contributed by atoms with Gasteiger partial charge in [0.2, 0.25) is 0 Å². The molecule has 0 aromatic carbocycles. The van der Waals surface area contributed by atoms with Crippen LogP contribution in [0.15, 0.2) is 0 Å². The molecule has 32 heavy (non-hydrogen) atoms. The van der Waals surface area contributed by atoms with Crippen LogP contribution in [0.1, 0.15) is 40.5 Å². The first kappa shape index (κ1) is 28.0. The first-order valence-electron chi connectivity index (χ1n) is 9.76.